The number of carbonyl (C=O) groups is 1. The molecule has 3 aromatic rings. The molecule has 1 aliphatic rings. The van der Waals surface area contributed by atoms with Gasteiger partial charge in [-0.25, -0.2) is 0 Å². The molecule has 0 fully saturated rings. The van der Waals surface area contributed by atoms with Crippen LogP contribution in [0.2, 0.25) is 0 Å². The summed E-state index contributed by atoms with van der Waals surface area (Å²) >= 11 is 0. The van der Waals surface area contributed by atoms with E-state index in [0.717, 1.165) is 10.9 Å². The Hall–Kier alpha value is -2.65. The molecule has 3 heteroatoms. The van der Waals surface area contributed by atoms with Gasteiger partial charge in [0.25, 0.3) is 0 Å². The fourth-order valence-corrected chi connectivity index (χ4v) is 3.49. The van der Waals surface area contributed by atoms with Gasteiger partial charge in [-0.3, -0.25) is 4.79 Å². The minimum atomic E-state index is -0.316. The molecule has 0 saturated carbocycles. The third kappa shape index (κ3) is 2.57. The molecule has 3 aromatic carbocycles. The number of likely N-dealkylation sites (N-methyl/N-ethyl adjacent to an activating group) is 1. The average molecular weight is 316 g/mol. The van der Waals surface area contributed by atoms with Gasteiger partial charge < -0.3 is 10.2 Å². The SMILES string of the molecule is CNC(C(=O)N1Cc2ccccc2C1)c1ccc2ccccc2c1. The van der Waals surface area contributed by atoms with Crippen LogP contribution in [0.4, 0.5) is 0 Å². The highest BCUT2D eigenvalue weighted by Gasteiger charge is 2.29. The van der Waals surface area contributed by atoms with Crippen LogP contribution in [0.25, 0.3) is 10.8 Å². The van der Waals surface area contributed by atoms with Crippen LogP contribution in [-0.4, -0.2) is 17.9 Å². The van der Waals surface area contributed by atoms with E-state index in [1.807, 2.05) is 42.3 Å². The first-order valence-electron chi connectivity index (χ1n) is 8.28. The molecule has 0 spiro atoms. The molecule has 3 nitrogen and oxygen atoms in total. The maximum absolute atomic E-state index is 13.0. The van der Waals surface area contributed by atoms with Crippen molar-refractivity contribution in [2.75, 3.05) is 7.05 Å². The molecule has 1 aliphatic heterocycles. The highest BCUT2D eigenvalue weighted by atomic mass is 16.2. The van der Waals surface area contributed by atoms with Gasteiger partial charge in [0.05, 0.1) is 0 Å². The first kappa shape index (κ1) is 14.9. The van der Waals surface area contributed by atoms with Crippen molar-refractivity contribution >= 4 is 16.7 Å². The summed E-state index contributed by atoms with van der Waals surface area (Å²) in [4.78, 5) is 15.0. The average Bonchev–Trinajstić information content (AvgIpc) is 3.06. The van der Waals surface area contributed by atoms with E-state index in [2.05, 4.69) is 41.7 Å². The number of hydrogen-bond donors (Lipinski definition) is 1. The minimum absolute atomic E-state index is 0.129. The third-order valence-corrected chi connectivity index (χ3v) is 4.79. The molecule has 1 heterocycles. The molecule has 1 atom stereocenters. The maximum Gasteiger partial charge on any atom is 0.244 e. The van der Waals surface area contributed by atoms with E-state index in [-0.39, 0.29) is 11.9 Å². The number of nitrogens with one attached hydrogen (secondary N) is 1. The van der Waals surface area contributed by atoms with Crippen molar-refractivity contribution in [3.63, 3.8) is 0 Å². The van der Waals surface area contributed by atoms with Crippen LogP contribution >= 0.6 is 0 Å². The Kier molecular flexibility index (Phi) is 3.79. The lowest BCUT2D eigenvalue weighted by Gasteiger charge is -2.23. The molecular formula is C21H20N2O. The van der Waals surface area contributed by atoms with Crippen LogP contribution < -0.4 is 5.32 Å². The molecule has 0 bridgehead atoms. The largest absolute Gasteiger partial charge is 0.332 e. The fourth-order valence-electron chi connectivity index (χ4n) is 3.49. The molecule has 0 radical (unpaired) electrons. The molecular weight excluding hydrogens is 296 g/mol. The van der Waals surface area contributed by atoms with E-state index in [4.69, 9.17) is 0 Å². The minimum Gasteiger partial charge on any atom is -0.332 e. The van der Waals surface area contributed by atoms with Gasteiger partial charge in [-0.15, -0.1) is 0 Å². The number of fused-ring (bicyclic) bond motifs is 2. The quantitative estimate of drug-likeness (QED) is 0.800. The number of amides is 1. The summed E-state index contributed by atoms with van der Waals surface area (Å²) < 4.78 is 0. The van der Waals surface area contributed by atoms with Gasteiger partial charge in [-0.1, -0.05) is 60.7 Å². The van der Waals surface area contributed by atoms with Crippen LogP contribution in [0, 0.1) is 0 Å². The topological polar surface area (TPSA) is 32.3 Å². The Morgan fingerprint density at radius 1 is 0.917 bits per heavy atom. The molecule has 24 heavy (non-hydrogen) atoms. The van der Waals surface area contributed by atoms with Gasteiger partial charge in [-0.05, 0) is 40.6 Å². The summed E-state index contributed by atoms with van der Waals surface area (Å²) in [6, 6.07) is 22.4. The van der Waals surface area contributed by atoms with Crippen molar-refractivity contribution in [1.82, 2.24) is 10.2 Å². The standard InChI is InChI=1S/C21H20N2O/c1-22-20(17-11-10-15-6-2-3-7-16(15)12-17)21(24)23-13-18-8-4-5-9-19(18)14-23/h2-12,20,22H,13-14H2,1H3. The lowest BCUT2D eigenvalue weighted by atomic mass is 10.0. The first-order valence-corrected chi connectivity index (χ1v) is 8.28. The Morgan fingerprint density at radius 3 is 2.21 bits per heavy atom. The van der Waals surface area contributed by atoms with Crippen LogP contribution in [0.3, 0.4) is 0 Å². The van der Waals surface area contributed by atoms with E-state index in [9.17, 15) is 4.79 Å². The zero-order chi connectivity index (χ0) is 16.5. The van der Waals surface area contributed by atoms with Crippen molar-refractivity contribution in [3.05, 3.63) is 83.4 Å². The first-order chi connectivity index (χ1) is 11.8. The van der Waals surface area contributed by atoms with E-state index in [1.54, 1.807) is 0 Å². The van der Waals surface area contributed by atoms with Crippen molar-refractivity contribution in [2.24, 2.45) is 0 Å². The fraction of sp³-hybridized carbons (Fsp3) is 0.190. The molecule has 1 unspecified atom stereocenters. The van der Waals surface area contributed by atoms with Crippen LogP contribution in [0.15, 0.2) is 66.7 Å². The summed E-state index contributed by atoms with van der Waals surface area (Å²) in [6.07, 6.45) is 0. The van der Waals surface area contributed by atoms with E-state index >= 15 is 0 Å². The Labute approximate surface area is 141 Å². The molecule has 120 valence electrons. The van der Waals surface area contributed by atoms with Crippen LogP contribution in [-0.2, 0) is 17.9 Å². The van der Waals surface area contributed by atoms with Crippen molar-refractivity contribution < 1.29 is 4.79 Å². The maximum atomic E-state index is 13.0. The summed E-state index contributed by atoms with van der Waals surface area (Å²) in [5.41, 5.74) is 3.51. The summed E-state index contributed by atoms with van der Waals surface area (Å²) in [6.45, 7) is 1.39. The normalized spacial score (nSPS) is 14.6. The molecule has 1 amide bonds. The Morgan fingerprint density at radius 2 is 1.54 bits per heavy atom. The predicted molar refractivity (Wildman–Crippen MR) is 96.4 cm³/mol. The highest BCUT2D eigenvalue weighted by molar-refractivity contribution is 5.88. The van der Waals surface area contributed by atoms with Crippen LogP contribution in [0.5, 0.6) is 0 Å². The number of nitrogens with zero attached hydrogens (tertiary/aromatic N) is 1. The second kappa shape index (κ2) is 6.10. The predicted octanol–water partition coefficient (Wildman–Crippen LogP) is 3.64. The number of benzene rings is 3. The van der Waals surface area contributed by atoms with E-state index in [0.29, 0.717) is 13.1 Å². The number of rotatable bonds is 3. The molecule has 4 rings (SSSR count). The monoisotopic (exact) mass is 316 g/mol. The number of carbonyl (C=O) groups excluding carboxylic acids is 1. The molecule has 0 aliphatic carbocycles. The number of hydrogen-bond acceptors (Lipinski definition) is 2. The molecule has 0 aromatic heterocycles. The van der Waals surface area contributed by atoms with Gasteiger partial charge >= 0.3 is 0 Å². The smallest absolute Gasteiger partial charge is 0.244 e. The van der Waals surface area contributed by atoms with Crippen molar-refractivity contribution in [2.45, 2.75) is 19.1 Å². The van der Waals surface area contributed by atoms with Gasteiger partial charge in [0.1, 0.15) is 6.04 Å². The molecule has 1 N–H and O–H groups in total. The van der Waals surface area contributed by atoms with E-state index in [1.165, 1.54) is 16.5 Å². The van der Waals surface area contributed by atoms with Crippen molar-refractivity contribution in [3.8, 4) is 0 Å². The summed E-state index contributed by atoms with van der Waals surface area (Å²) in [5, 5.41) is 5.55. The second-order valence-electron chi connectivity index (χ2n) is 6.29. The lowest BCUT2D eigenvalue weighted by molar-refractivity contribution is -0.134. The lowest BCUT2D eigenvalue weighted by Crippen LogP contribution is -2.36. The second-order valence-corrected chi connectivity index (χ2v) is 6.29. The zero-order valence-electron chi connectivity index (χ0n) is 13.7. The highest BCUT2D eigenvalue weighted by Crippen LogP contribution is 2.27. The Bertz CT molecular complexity index is 878. The van der Waals surface area contributed by atoms with Gasteiger partial charge in [0.15, 0.2) is 0 Å². The zero-order valence-corrected chi connectivity index (χ0v) is 13.7. The van der Waals surface area contributed by atoms with Gasteiger partial charge in [-0.2, -0.15) is 0 Å². The van der Waals surface area contributed by atoms with Gasteiger partial charge in [0, 0.05) is 13.1 Å². The third-order valence-electron chi connectivity index (χ3n) is 4.79. The Balaban J connectivity index is 1.62. The van der Waals surface area contributed by atoms with Gasteiger partial charge in [0.2, 0.25) is 5.91 Å². The van der Waals surface area contributed by atoms with Crippen LogP contribution in [0.1, 0.15) is 22.7 Å². The molecule has 0 saturated heterocycles. The van der Waals surface area contributed by atoms with E-state index < -0.39 is 0 Å². The summed E-state index contributed by atoms with van der Waals surface area (Å²) in [7, 11) is 1.85. The van der Waals surface area contributed by atoms with Crippen molar-refractivity contribution in [1.29, 1.82) is 0 Å². The summed E-state index contributed by atoms with van der Waals surface area (Å²) in [5.74, 6) is 0.129.